The van der Waals surface area contributed by atoms with E-state index >= 15 is 0 Å². The van der Waals surface area contributed by atoms with Gasteiger partial charge in [-0.15, -0.1) is 0 Å². The van der Waals surface area contributed by atoms with Crippen molar-refractivity contribution in [1.29, 1.82) is 0 Å². The number of benzene rings is 3. The lowest BCUT2D eigenvalue weighted by atomic mass is 10.0. The smallest absolute Gasteiger partial charge is 0.303 e. The molecule has 0 amide bonds. The van der Waals surface area contributed by atoms with Gasteiger partial charge in [0, 0.05) is 24.1 Å². The Labute approximate surface area is 195 Å². The van der Waals surface area contributed by atoms with Crippen LogP contribution in [0.15, 0.2) is 84.0 Å². The SMILES string of the molecule is CN(C)CCO/N=C(\c1ccccc1)c1cccc(COc2ccc(CCC(=O)O)cc2)c1. The average Bonchev–Trinajstić information content (AvgIpc) is 2.82. The molecule has 3 rings (SSSR count). The van der Waals surface area contributed by atoms with Gasteiger partial charge in [0.1, 0.15) is 24.7 Å². The third-order valence-corrected chi connectivity index (χ3v) is 4.99. The van der Waals surface area contributed by atoms with Crippen molar-refractivity contribution >= 4 is 11.7 Å². The standard InChI is InChI=1S/C27H30N2O4/c1-29(2)17-18-33-28-27(23-8-4-3-5-9-23)24-10-6-7-22(19-24)20-32-25-14-11-21(12-15-25)13-16-26(30)31/h3-12,14-15,19H,13,16-18,20H2,1-2H3,(H,30,31)/b28-27+. The van der Waals surface area contributed by atoms with Gasteiger partial charge in [0.15, 0.2) is 0 Å². The van der Waals surface area contributed by atoms with Gasteiger partial charge in [0.25, 0.3) is 0 Å². The molecule has 0 bridgehead atoms. The number of hydrogen-bond donors (Lipinski definition) is 1. The van der Waals surface area contributed by atoms with Crippen LogP contribution in [0.3, 0.4) is 0 Å². The molecule has 0 saturated carbocycles. The molecule has 3 aromatic carbocycles. The van der Waals surface area contributed by atoms with Gasteiger partial charge in [-0.2, -0.15) is 0 Å². The molecule has 0 spiro atoms. The molecule has 3 aromatic rings. The molecule has 6 heteroatoms. The van der Waals surface area contributed by atoms with Crippen LogP contribution >= 0.6 is 0 Å². The van der Waals surface area contributed by atoms with Crippen molar-refractivity contribution < 1.29 is 19.5 Å². The molecule has 1 N–H and O–H groups in total. The maximum Gasteiger partial charge on any atom is 0.303 e. The van der Waals surface area contributed by atoms with Crippen LogP contribution in [0.4, 0.5) is 0 Å². The van der Waals surface area contributed by atoms with Crippen LogP contribution in [-0.2, 0) is 22.7 Å². The summed E-state index contributed by atoms with van der Waals surface area (Å²) in [5, 5.41) is 13.3. The summed E-state index contributed by atoms with van der Waals surface area (Å²) in [4.78, 5) is 18.4. The number of likely N-dealkylation sites (N-methyl/N-ethyl adjacent to an activating group) is 1. The number of oxime groups is 1. The van der Waals surface area contributed by atoms with E-state index in [1.54, 1.807) is 0 Å². The quantitative estimate of drug-likeness (QED) is 0.250. The molecule has 0 atom stereocenters. The van der Waals surface area contributed by atoms with Gasteiger partial charge in [0.05, 0.1) is 0 Å². The Morgan fingerprint density at radius 3 is 2.33 bits per heavy atom. The van der Waals surface area contributed by atoms with E-state index in [0.29, 0.717) is 19.6 Å². The molecule has 0 aromatic heterocycles. The Morgan fingerprint density at radius 1 is 0.909 bits per heavy atom. The highest BCUT2D eigenvalue weighted by Crippen LogP contribution is 2.18. The largest absolute Gasteiger partial charge is 0.489 e. The van der Waals surface area contributed by atoms with Crippen molar-refractivity contribution in [2.24, 2.45) is 5.16 Å². The number of nitrogens with zero attached hydrogens (tertiary/aromatic N) is 2. The van der Waals surface area contributed by atoms with Gasteiger partial charge in [0.2, 0.25) is 0 Å². The molecule has 0 saturated heterocycles. The van der Waals surface area contributed by atoms with Crippen LogP contribution in [0.5, 0.6) is 5.75 Å². The van der Waals surface area contributed by atoms with Crippen molar-refractivity contribution in [2.45, 2.75) is 19.4 Å². The lowest BCUT2D eigenvalue weighted by molar-refractivity contribution is -0.136. The minimum atomic E-state index is -0.795. The van der Waals surface area contributed by atoms with E-state index in [1.165, 1.54) is 0 Å². The second-order valence-electron chi connectivity index (χ2n) is 7.97. The Balaban J connectivity index is 1.69. The molecule has 0 unspecified atom stereocenters. The zero-order chi connectivity index (χ0) is 23.5. The summed E-state index contributed by atoms with van der Waals surface area (Å²) in [6.45, 7) is 1.70. The van der Waals surface area contributed by atoms with Crippen molar-refractivity contribution in [2.75, 3.05) is 27.2 Å². The van der Waals surface area contributed by atoms with Crippen molar-refractivity contribution in [1.82, 2.24) is 4.90 Å². The number of hydrogen-bond acceptors (Lipinski definition) is 5. The van der Waals surface area contributed by atoms with Gasteiger partial charge < -0.3 is 19.6 Å². The molecule has 33 heavy (non-hydrogen) atoms. The van der Waals surface area contributed by atoms with E-state index in [-0.39, 0.29) is 6.42 Å². The summed E-state index contributed by atoms with van der Waals surface area (Å²) in [7, 11) is 4.00. The second kappa shape index (κ2) is 12.4. The molecule has 0 aliphatic carbocycles. The summed E-state index contributed by atoms with van der Waals surface area (Å²) >= 11 is 0. The highest BCUT2D eigenvalue weighted by Gasteiger charge is 2.09. The molecule has 0 fully saturated rings. The predicted octanol–water partition coefficient (Wildman–Crippen LogP) is 4.61. The molecule has 0 aliphatic rings. The Kier molecular flexibility index (Phi) is 9.03. The zero-order valence-corrected chi connectivity index (χ0v) is 19.1. The van der Waals surface area contributed by atoms with Crippen LogP contribution in [0.2, 0.25) is 0 Å². The van der Waals surface area contributed by atoms with Gasteiger partial charge in [-0.1, -0.05) is 65.8 Å². The van der Waals surface area contributed by atoms with Crippen molar-refractivity contribution in [3.05, 3.63) is 101 Å². The normalized spacial score (nSPS) is 11.4. The number of rotatable bonds is 12. The first kappa shape index (κ1) is 24.0. The Morgan fingerprint density at radius 2 is 1.64 bits per heavy atom. The molecule has 172 valence electrons. The molecule has 0 aliphatic heterocycles. The van der Waals surface area contributed by atoms with E-state index < -0.39 is 5.97 Å². The number of aryl methyl sites for hydroxylation is 1. The van der Waals surface area contributed by atoms with Gasteiger partial charge >= 0.3 is 5.97 Å². The first-order chi connectivity index (χ1) is 16.0. The fourth-order valence-corrected chi connectivity index (χ4v) is 3.18. The minimum Gasteiger partial charge on any atom is -0.489 e. The number of carboxylic acid groups (broad SMARTS) is 1. The lowest BCUT2D eigenvalue weighted by Crippen LogP contribution is -2.17. The second-order valence-corrected chi connectivity index (χ2v) is 7.97. The zero-order valence-electron chi connectivity index (χ0n) is 19.1. The van der Waals surface area contributed by atoms with E-state index in [1.807, 2.05) is 91.8 Å². The van der Waals surface area contributed by atoms with Crippen LogP contribution in [0, 0.1) is 0 Å². The summed E-state index contributed by atoms with van der Waals surface area (Å²) in [6, 6.07) is 25.6. The van der Waals surface area contributed by atoms with Crippen LogP contribution in [0.25, 0.3) is 0 Å². The third-order valence-electron chi connectivity index (χ3n) is 4.99. The van der Waals surface area contributed by atoms with Crippen molar-refractivity contribution in [3.63, 3.8) is 0 Å². The van der Waals surface area contributed by atoms with Crippen LogP contribution in [-0.4, -0.2) is 48.9 Å². The summed E-state index contributed by atoms with van der Waals surface area (Å²) in [5.74, 6) is -0.0554. The lowest BCUT2D eigenvalue weighted by Gasteiger charge is -2.12. The topological polar surface area (TPSA) is 71.4 Å². The van der Waals surface area contributed by atoms with Crippen LogP contribution in [0.1, 0.15) is 28.7 Å². The summed E-state index contributed by atoms with van der Waals surface area (Å²) in [5.41, 5.74) is 4.71. The fraction of sp³-hybridized carbons (Fsp3) is 0.259. The molecular formula is C27H30N2O4. The first-order valence-electron chi connectivity index (χ1n) is 10.9. The highest BCUT2D eigenvalue weighted by molar-refractivity contribution is 6.12. The number of carboxylic acids is 1. The summed E-state index contributed by atoms with van der Waals surface area (Å²) < 4.78 is 5.95. The van der Waals surface area contributed by atoms with Crippen molar-refractivity contribution in [3.8, 4) is 5.75 Å². The van der Waals surface area contributed by atoms with Gasteiger partial charge in [-0.25, -0.2) is 0 Å². The number of ether oxygens (including phenoxy) is 1. The predicted molar refractivity (Wildman–Crippen MR) is 130 cm³/mol. The molecular weight excluding hydrogens is 416 g/mol. The Bertz CT molecular complexity index is 1050. The van der Waals surface area contributed by atoms with E-state index in [4.69, 9.17) is 14.7 Å². The number of carbonyl (C=O) groups is 1. The summed E-state index contributed by atoms with van der Waals surface area (Å²) in [6.07, 6.45) is 0.632. The monoisotopic (exact) mass is 446 g/mol. The van der Waals surface area contributed by atoms with E-state index in [0.717, 1.165) is 40.3 Å². The van der Waals surface area contributed by atoms with E-state index in [2.05, 4.69) is 11.2 Å². The highest BCUT2D eigenvalue weighted by atomic mass is 16.6. The number of aliphatic carboxylic acids is 1. The maximum absolute atomic E-state index is 10.7. The van der Waals surface area contributed by atoms with Crippen LogP contribution < -0.4 is 4.74 Å². The fourth-order valence-electron chi connectivity index (χ4n) is 3.18. The minimum absolute atomic E-state index is 0.122. The third kappa shape index (κ3) is 8.09. The Hall–Kier alpha value is -3.64. The van der Waals surface area contributed by atoms with Gasteiger partial charge in [-0.3, -0.25) is 4.79 Å². The molecule has 0 heterocycles. The maximum atomic E-state index is 10.7. The van der Waals surface area contributed by atoms with Gasteiger partial charge in [-0.05, 0) is 49.8 Å². The molecule has 0 radical (unpaired) electrons. The average molecular weight is 447 g/mol. The molecule has 6 nitrogen and oxygen atoms in total. The van der Waals surface area contributed by atoms with E-state index in [9.17, 15) is 4.79 Å². The first-order valence-corrected chi connectivity index (χ1v) is 10.9.